The van der Waals surface area contributed by atoms with Crippen molar-refractivity contribution in [2.45, 2.75) is 6.10 Å². The van der Waals surface area contributed by atoms with E-state index in [1.54, 1.807) is 18.2 Å². The van der Waals surface area contributed by atoms with Crippen LogP contribution in [-0.2, 0) is 0 Å². The number of halogens is 3. The summed E-state index contributed by atoms with van der Waals surface area (Å²) in [6, 6.07) is 9.42. The van der Waals surface area contributed by atoms with Crippen LogP contribution in [0.5, 0.6) is 11.5 Å². The second kappa shape index (κ2) is 8.55. The topological polar surface area (TPSA) is 38.7 Å². The first-order valence-electron chi connectivity index (χ1n) is 6.57. The minimum atomic E-state index is -5.05. The Hall–Kier alpha value is -0.509. The van der Waals surface area contributed by atoms with Gasteiger partial charge in [-0.05, 0) is 11.6 Å². The second-order valence-corrected chi connectivity index (χ2v) is 4.73. The molecule has 3 nitrogen and oxygen atoms in total. The molecule has 8 heteroatoms. The molecule has 0 radical (unpaired) electrons. The first-order valence-corrected chi connectivity index (χ1v) is 6.57. The van der Waals surface area contributed by atoms with Gasteiger partial charge in [0, 0.05) is 5.56 Å². The summed E-state index contributed by atoms with van der Waals surface area (Å²) in [5.41, 5.74) is 0.0658. The van der Waals surface area contributed by atoms with E-state index in [-0.39, 0.29) is 51.4 Å². The monoisotopic (exact) mass is 350 g/mol. The number of ether oxygens (including phenoxy) is 2. The molecule has 0 aliphatic carbocycles. The van der Waals surface area contributed by atoms with Gasteiger partial charge in [0.15, 0.2) is 11.5 Å². The van der Waals surface area contributed by atoms with Crippen molar-refractivity contribution in [1.29, 1.82) is 0 Å². The Kier molecular flexibility index (Phi) is 7.63. The number of aliphatic hydroxyl groups is 1. The Bertz CT molecular complexity index is 647. The Balaban J connectivity index is 0.00000264. The van der Waals surface area contributed by atoms with E-state index < -0.39 is 18.5 Å². The molecule has 0 fully saturated rings. The van der Waals surface area contributed by atoms with Crippen LogP contribution in [-0.4, -0.2) is 26.3 Å². The van der Waals surface area contributed by atoms with E-state index in [4.69, 9.17) is 9.47 Å². The summed E-state index contributed by atoms with van der Waals surface area (Å²) in [6.45, 7) is -5.05. The van der Waals surface area contributed by atoms with Crippen molar-refractivity contribution in [3.05, 3.63) is 53.6 Å². The molecule has 0 aromatic heterocycles. The summed E-state index contributed by atoms with van der Waals surface area (Å²) in [4.78, 5) is 0. The Labute approximate surface area is 175 Å². The molecule has 2 rings (SSSR count). The standard InChI is InChI=1S/C15H15BF3O3.K/c1-21-13-5-3-4-12(15(13)22-2)14(20)10-6-8-11(9-7-10)16(17,18)19;/h3-9,14,20H,1-2H3;/q-1;+1. The van der Waals surface area contributed by atoms with E-state index in [1.807, 2.05) is 0 Å². The maximum atomic E-state index is 12.6. The normalized spacial score (nSPS) is 12.3. The average molecular weight is 350 g/mol. The second-order valence-electron chi connectivity index (χ2n) is 4.73. The molecule has 0 aliphatic rings. The first kappa shape index (κ1) is 20.5. The number of hydrogen-bond donors (Lipinski definition) is 1. The number of aliphatic hydroxyl groups excluding tert-OH is 1. The summed E-state index contributed by atoms with van der Waals surface area (Å²) in [6.07, 6.45) is -1.11. The fourth-order valence-electron chi connectivity index (χ4n) is 2.20. The molecule has 0 saturated heterocycles. The molecule has 0 bridgehead atoms. The van der Waals surface area contributed by atoms with Crippen molar-refractivity contribution in [2.24, 2.45) is 0 Å². The number of hydrogen-bond acceptors (Lipinski definition) is 3. The third-order valence-corrected chi connectivity index (χ3v) is 3.36. The maximum Gasteiger partial charge on any atom is 1.00 e. The minimum Gasteiger partial charge on any atom is -0.493 e. The van der Waals surface area contributed by atoms with E-state index >= 15 is 0 Å². The van der Waals surface area contributed by atoms with Crippen molar-refractivity contribution >= 4 is 12.4 Å². The largest absolute Gasteiger partial charge is 1.00 e. The van der Waals surface area contributed by atoms with Crippen LogP contribution in [0.25, 0.3) is 0 Å². The van der Waals surface area contributed by atoms with Gasteiger partial charge >= 0.3 is 58.4 Å². The fourth-order valence-corrected chi connectivity index (χ4v) is 2.20. The zero-order valence-electron chi connectivity index (χ0n) is 13.1. The molecular weight excluding hydrogens is 335 g/mol. The Morgan fingerprint density at radius 1 is 0.957 bits per heavy atom. The predicted octanol–water partition coefficient (Wildman–Crippen LogP) is -0.156. The summed E-state index contributed by atoms with van der Waals surface area (Å²) in [5, 5.41) is 10.4. The molecule has 1 unspecified atom stereocenters. The maximum absolute atomic E-state index is 12.6. The molecule has 1 atom stereocenters. The summed E-state index contributed by atoms with van der Waals surface area (Å²) in [7, 11) is 2.90. The van der Waals surface area contributed by atoms with E-state index in [0.29, 0.717) is 22.6 Å². The smallest absolute Gasteiger partial charge is 0.493 e. The van der Waals surface area contributed by atoms with Gasteiger partial charge < -0.3 is 27.5 Å². The molecule has 0 amide bonds. The first-order chi connectivity index (χ1) is 10.4. The van der Waals surface area contributed by atoms with Crippen molar-refractivity contribution in [1.82, 2.24) is 0 Å². The van der Waals surface area contributed by atoms with E-state index in [2.05, 4.69) is 0 Å². The van der Waals surface area contributed by atoms with Crippen LogP contribution >= 0.6 is 0 Å². The molecule has 1 N–H and O–H groups in total. The third kappa shape index (κ3) is 4.74. The van der Waals surface area contributed by atoms with Gasteiger partial charge in [-0.25, -0.2) is 0 Å². The zero-order chi connectivity index (χ0) is 16.3. The van der Waals surface area contributed by atoms with Crippen molar-refractivity contribution < 1.29 is 78.9 Å². The van der Waals surface area contributed by atoms with Gasteiger partial charge in [-0.1, -0.05) is 36.4 Å². The molecule has 0 heterocycles. The van der Waals surface area contributed by atoms with Gasteiger partial charge in [0.2, 0.25) is 0 Å². The van der Waals surface area contributed by atoms with Gasteiger partial charge in [0.25, 0.3) is 0 Å². The molecule has 118 valence electrons. The molecule has 23 heavy (non-hydrogen) atoms. The molecule has 2 aromatic carbocycles. The van der Waals surface area contributed by atoms with E-state index in [0.717, 1.165) is 12.1 Å². The van der Waals surface area contributed by atoms with Crippen LogP contribution in [0.1, 0.15) is 17.2 Å². The minimum absolute atomic E-state index is 0. The number of rotatable bonds is 5. The average Bonchev–Trinajstić information content (AvgIpc) is 2.52. The van der Waals surface area contributed by atoms with E-state index in [1.165, 1.54) is 26.4 Å². The summed E-state index contributed by atoms with van der Waals surface area (Å²) < 4.78 is 48.2. The van der Waals surface area contributed by atoms with Crippen LogP contribution in [0.4, 0.5) is 12.9 Å². The van der Waals surface area contributed by atoms with Crippen molar-refractivity contribution in [2.75, 3.05) is 14.2 Å². The van der Waals surface area contributed by atoms with Crippen molar-refractivity contribution in [3.8, 4) is 11.5 Å². The van der Waals surface area contributed by atoms with Gasteiger partial charge in [-0.15, -0.1) is 5.46 Å². The van der Waals surface area contributed by atoms with Crippen LogP contribution in [0.2, 0.25) is 0 Å². The molecular formula is C15H15BF3KO3. The van der Waals surface area contributed by atoms with Crippen molar-refractivity contribution in [3.63, 3.8) is 0 Å². The SMILES string of the molecule is COc1cccc(C(O)c2ccc([B-](F)(F)F)cc2)c1OC.[K+]. The molecule has 0 saturated carbocycles. The van der Waals surface area contributed by atoms with Crippen LogP contribution in [0.3, 0.4) is 0 Å². The summed E-state index contributed by atoms with van der Waals surface area (Å²) >= 11 is 0. The fraction of sp³-hybridized carbons (Fsp3) is 0.200. The van der Waals surface area contributed by atoms with E-state index in [9.17, 15) is 18.1 Å². The quantitative estimate of drug-likeness (QED) is 0.762. The zero-order valence-corrected chi connectivity index (χ0v) is 16.2. The molecule has 0 spiro atoms. The summed E-state index contributed by atoms with van der Waals surface area (Å²) in [5.74, 6) is 0.788. The Morgan fingerprint density at radius 3 is 2.04 bits per heavy atom. The number of benzene rings is 2. The molecule has 2 aromatic rings. The van der Waals surface area contributed by atoms with Gasteiger partial charge in [-0.3, -0.25) is 0 Å². The van der Waals surface area contributed by atoms with Crippen LogP contribution < -0.4 is 66.3 Å². The Morgan fingerprint density at radius 2 is 1.57 bits per heavy atom. The predicted molar refractivity (Wildman–Crippen MR) is 78.8 cm³/mol. The molecule has 0 aliphatic heterocycles. The number of methoxy groups -OCH3 is 2. The van der Waals surface area contributed by atoms with Gasteiger partial charge in [0.05, 0.1) is 14.2 Å². The van der Waals surface area contributed by atoms with Crippen LogP contribution in [0, 0.1) is 0 Å². The van der Waals surface area contributed by atoms with Crippen LogP contribution in [0.15, 0.2) is 42.5 Å². The third-order valence-electron chi connectivity index (χ3n) is 3.36. The van der Waals surface area contributed by atoms with Gasteiger partial charge in [-0.2, -0.15) is 0 Å². The van der Waals surface area contributed by atoms with Gasteiger partial charge in [0.1, 0.15) is 6.10 Å². The number of para-hydroxylation sites is 1.